The van der Waals surface area contributed by atoms with Gasteiger partial charge >= 0.3 is 86.8 Å². The van der Waals surface area contributed by atoms with Crippen molar-refractivity contribution in [3.05, 3.63) is 12.7 Å². The zero-order chi connectivity index (χ0) is 7.91. The van der Waals surface area contributed by atoms with Crippen molar-refractivity contribution in [2.45, 2.75) is 31.5 Å². The van der Waals surface area contributed by atoms with E-state index in [0.29, 0.717) is 0 Å². The average Bonchev–Trinajstić information content (AvgIpc) is 1.61. The molecule has 0 N–H and O–H groups in total. The van der Waals surface area contributed by atoms with Crippen LogP contribution in [0.5, 0.6) is 0 Å². The molecule has 0 aliphatic heterocycles. The summed E-state index contributed by atoms with van der Waals surface area (Å²) in [5.41, 5.74) is -0.750. The maximum absolute atomic E-state index is 10.1. The van der Waals surface area contributed by atoms with Gasteiger partial charge in [-0.2, -0.15) is 0 Å². The summed E-state index contributed by atoms with van der Waals surface area (Å²) >= 11 is 2.06. The fourth-order valence-corrected chi connectivity index (χ4v) is 0. The summed E-state index contributed by atoms with van der Waals surface area (Å²) in [4.78, 5) is 0. The summed E-state index contributed by atoms with van der Waals surface area (Å²) in [5.74, 6) is 0. The summed E-state index contributed by atoms with van der Waals surface area (Å²) in [7, 11) is 0. The van der Waals surface area contributed by atoms with Crippen molar-refractivity contribution in [2.24, 2.45) is 0 Å². The minimum atomic E-state index is -0.750. The second-order valence-electron chi connectivity index (χ2n) is 2.81. The summed E-state index contributed by atoms with van der Waals surface area (Å²) in [6, 6.07) is 0. The summed E-state index contributed by atoms with van der Waals surface area (Å²) < 4.78 is 0. The van der Waals surface area contributed by atoms with Crippen molar-refractivity contribution in [1.82, 2.24) is 0 Å². The van der Waals surface area contributed by atoms with Crippen molar-refractivity contribution in [1.29, 1.82) is 0 Å². The Hall–Kier alpha value is 1.93. The molecule has 0 bridgehead atoms. The van der Waals surface area contributed by atoms with E-state index in [0.717, 1.165) is 5.09 Å². The first-order chi connectivity index (χ1) is 3.91. The van der Waals surface area contributed by atoms with E-state index in [1.807, 2.05) is 6.08 Å². The fraction of sp³-hybridized carbons (Fsp3) is 0.714. The van der Waals surface area contributed by atoms with E-state index in [4.69, 9.17) is 0 Å². The van der Waals surface area contributed by atoms with E-state index < -0.39 is 5.60 Å². The molecular formula is C7H14KLiO. The number of hydrogen-bond acceptors (Lipinski definition) is 1. The van der Waals surface area contributed by atoms with Crippen LogP contribution < -0.4 is 56.5 Å². The van der Waals surface area contributed by atoms with E-state index in [1.165, 1.54) is 0 Å². The molecule has 0 amide bonds. The molecule has 0 aliphatic carbocycles. The first-order valence-electron chi connectivity index (χ1n) is 3.23. The zero-order valence-corrected chi connectivity index (χ0v) is 11.0. The summed E-state index contributed by atoms with van der Waals surface area (Å²) in [5, 5.41) is 11.2. The Bertz CT molecular complexity index is 62.5. The minimum absolute atomic E-state index is 0. The van der Waals surface area contributed by atoms with E-state index in [2.05, 4.69) is 24.3 Å². The van der Waals surface area contributed by atoms with Crippen LogP contribution in [0.4, 0.5) is 0 Å². The van der Waals surface area contributed by atoms with Crippen LogP contribution in [0.2, 0.25) is 5.09 Å². The van der Waals surface area contributed by atoms with Gasteiger partial charge in [0.05, 0.1) is 0 Å². The molecule has 0 saturated carbocycles. The van der Waals surface area contributed by atoms with Gasteiger partial charge in [-0.1, -0.05) is 20.8 Å². The third-order valence-electron chi connectivity index (χ3n) is 0.289. The Morgan fingerprint density at radius 1 is 1.50 bits per heavy atom. The molecule has 0 spiro atoms. The monoisotopic (exact) mass is 160 g/mol. The van der Waals surface area contributed by atoms with Gasteiger partial charge in [-0.05, 0) is 0 Å². The van der Waals surface area contributed by atoms with Gasteiger partial charge in [0, 0.05) is 0 Å². The van der Waals surface area contributed by atoms with Crippen LogP contribution in [-0.2, 0) is 0 Å². The topological polar surface area (TPSA) is 23.1 Å². The van der Waals surface area contributed by atoms with E-state index in [-0.39, 0.29) is 51.4 Å². The predicted octanol–water partition coefficient (Wildman–Crippen LogP) is -2.09. The molecule has 0 heterocycles. The molecular weight excluding hydrogens is 146 g/mol. The van der Waals surface area contributed by atoms with Crippen LogP contribution in [0.25, 0.3) is 0 Å². The molecule has 0 rings (SSSR count). The van der Waals surface area contributed by atoms with Crippen molar-refractivity contribution in [3.8, 4) is 0 Å². The van der Waals surface area contributed by atoms with Crippen LogP contribution in [-0.4, -0.2) is 23.3 Å². The van der Waals surface area contributed by atoms with Gasteiger partial charge in [0.15, 0.2) is 0 Å². The normalized spacial score (nSPS) is 8.60. The Kier molecular flexibility index (Phi) is 19.5. The second-order valence-corrected chi connectivity index (χ2v) is 2.81. The van der Waals surface area contributed by atoms with Gasteiger partial charge in [-0.15, -0.1) is 5.60 Å². The Morgan fingerprint density at radius 2 is 1.60 bits per heavy atom. The van der Waals surface area contributed by atoms with Crippen LogP contribution in [0, 0.1) is 0 Å². The first-order valence-corrected chi connectivity index (χ1v) is 3.23. The standard InChI is InChI=1S/C4H9O.C3H5.K.Li/c1-4(2,3)5;1-3-2;;/h1-3H3;3H,1-2H2;;/q-1;;+1;. The van der Waals surface area contributed by atoms with Crippen LogP contribution in [0.1, 0.15) is 20.8 Å². The molecule has 50 valence electrons. The van der Waals surface area contributed by atoms with Crippen LogP contribution in [0.3, 0.4) is 0 Å². The van der Waals surface area contributed by atoms with Crippen molar-refractivity contribution in [3.63, 3.8) is 0 Å². The molecule has 0 aromatic carbocycles. The Labute approximate surface area is 116 Å². The molecule has 0 aromatic rings. The van der Waals surface area contributed by atoms with E-state index in [1.54, 1.807) is 20.8 Å². The van der Waals surface area contributed by atoms with Gasteiger partial charge in [0.2, 0.25) is 0 Å². The Balaban J connectivity index is -0.0000000910. The fourth-order valence-electron chi connectivity index (χ4n) is 0. The van der Waals surface area contributed by atoms with Crippen LogP contribution >= 0.6 is 0 Å². The van der Waals surface area contributed by atoms with Crippen molar-refractivity contribution >= 4 is 17.7 Å². The molecule has 0 fully saturated rings. The molecule has 0 radical (unpaired) electrons. The van der Waals surface area contributed by atoms with Crippen LogP contribution in [0.15, 0.2) is 12.7 Å². The molecule has 0 unspecified atom stereocenters. The van der Waals surface area contributed by atoms with Gasteiger partial charge in [0.1, 0.15) is 0 Å². The number of hydrogen-bond donors (Lipinski definition) is 0. The van der Waals surface area contributed by atoms with Gasteiger partial charge < -0.3 is 5.11 Å². The van der Waals surface area contributed by atoms with E-state index >= 15 is 0 Å². The molecule has 0 atom stereocenters. The molecule has 0 aliphatic rings. The van der Waals surface area contributed by atoms with Crippen molar-refractivity contribution in [2.75, 3.05) is 0 Å². The Morgan fingerprint density at radius 3 is 1.60 bits per heavy atom. The summed E-state index contributed by atoms with van der Waals surface area (Å²) in [6.07, 6.45) is 1.88. The van der Waals surface area contributed by atoms with Gasteiger partial charge in [-0.25, -0.2) is 0 Å². The summed E-state index contributed by atoms with van der Waals surface area (Å²) in [6.45, 7) is 8.38. The average molecular weight is 160 g/mol. The quantitative estimate of drug-likeness (QED) is 0.318. The number of rotatable bonds is 1. The predicted molar refractivity (Wildman–Crippen MR) is 40.5 cm³/mol. The number of allylic oxidation sites excluding steroid dienone is 1. The third kappa shape index (κ3) is 92.1. The van der Waals surface area contributed by atoms with Gasteiger partial charge in [-0.3, -0.25) is 0 Å². The molecule has 3 heteroatoms. The zero-order valence-electron chi connectivity index (χ0n) is 7.90. The molecule has 0 saturated heterocycles. The first kappa shape index (κ1) is 17.9. The molecule has 1 nitrogen and oxygen atoms in total. The second kappa shape index (κ2) is 10.9. The van der Waals surface area contributed by atoms with Gasteiger partial charge in [0.25, 0.3) is 0 Å². The maximum atomic E-state index is 10.1. The SMILES string of the molecule is CC(C)(C)[O-].[K+].[Li][CH2]C=C. The molecule has 0 aromatic heterocycles. The molecule has 10 heavy (non-hydrogen) atoms. The van der Waals surface area contributed by atoms with E-state index in [9.17, 15) is 5.11 Å². The third-order valence-corrected chi connectivity index (χ3v) is 0.289. The van der Waals surface area contributed by atoms with Crippen molar-refractivity contribution < 1.29 is 56.5 Å².